The highest BCUT2D eigenvalue weighted by atomic mass is 16.3. The van der Waals surface area contributed by atoms with Crippen LogP contribution in [0.25, 0.3) is 11.4 Å². The molecular formula is C14H18N4O. The fraction of sp³-hybridized carbons (Fsp3) is 0.429. The van der Waals surface area contributed by atoms with E-state index in [2.05, 4.69) is 26.8 Å². The van der Waals surface area contributed by atoms with E-state index in [1.165, 1.54) is 0 Å². The number of aryl methyl sites for hydroxylation is 1. The molecule has 0 amide bonds. The van der Waals surface area contributed by atoms with Gasteiger partial charge in [0.2, 0.25) is 0 Å². The van der Waals surface area contributed by atoms with Crippen LogP contribution in [0.2, 0.25) is 0 Å². The normalized spacial score (nSPS) is 16.5. The molecule has 2 N–H and O–H groups in total. The second-order valence-corrected chi connectivity index (χ2v) is 5.33. The molecule has 0 spiro atoms. The van der Waals surface area contributed by atoms with Crippen LogP contribution in [0.5, 0.6) is 5.75 Å². The van der Waals surface area contributed by atoms with E-state index in [-0.39, 0.29) is 5.75 Å². The van der Waals surface area contributed by atoms with Crippen molar-refractivity contribution in [3.05, 3.63) is 29.8 Å². The number of nitrogens with zero attached hydrogens (tertiary/aromatic N) is 3. The van der Waals surface area contributed by atoms with Gasteiger partial charge in [0.25, 0.3) is 0 Å². The second-order valence-electron chi connectivity index (χ2n) is 5.33. The van der Waals surface area contributed by atoms with Crippen LogP contribution in [0, 0.1) is 12.8 Å². The van der Waals surface area contributed by atoms with Crippen LogP contribution in [0.4, 0.5) is 0 Å². The Morgan fingerprint density at radius 2 is 2.21 bits per heavy atom. The standard InChI is InChI=1S/C14H18N4O/c1-9-6-18(7-9)8-11-5-17-10(2)13(19)12(11)14-15-3-4-16-14/h3-5,9,19H,6-8H2,1-2H3,(H,15,16)/i15+1,16+1. The minimum Gasteiger partial charge on any atom is -0.505 e. The number of pyridine rings is 1. The summed E-state index contributed by atoms with van der Waals surface area (Å²) in [4.78, 5) is 13.9. The number of likely N-dealkylation sites (tertiary alicyclic amines) is 1. The third-order valence-corrected chi connectivity index (χ3v) is 3.58. The van der Waals surface area contributed by atoms with E-state index in [4.69, 9.17) is 0 Å². The Balaban J connectivity index is 1.97. The van der Waals surface area contributed by atoms with Crippen LogP contribution in [0.3, 0.4) is 0 Å². The highest BCUT2D eigenvalue weighted by molar-refractivity contribution is 5.68. The first-order chi connectivity index (χ1) is 9.15. The number of H-pyrrole nitrogens is 1. The third-order valence-electron chi connectivity index (χ3n) is 3.58. The zero-order valence-electron chi connectivity index (χ0n) is 11.2. The fourth-order valence-electron chi connectivity index (χ4n) is 2.62. The van der Waals surface area contributed by atoms with Gasteiger partial charge in [0, 0.05) is 38.2 Å². The number of aromatic hydroxyl groups is 1. The lowest BCUT2D eigenvalue weighted by Gasteiger charge is -2.37. The topological polar surface area (TPSA) is 65.0 Å². The molecule has 0 unspecified atom stereocenters. The number of imidazole rings is 1. The number of hydrogen-bond acceptors (Lipinski definition) is 4. The van der Waals surface area contributed by atoms with Crippen LogP contribution in [0.1, 0.15) is 18.2 Å². The fourth-order valence-corrected chi connectivity index (χ4v) is 2.62. The molecule has 3 heterocycles. The SMILES string of the molecule is Cc1ncc(CN2CC(C)C2)c(-c2[15n]cc[15nH]2)c1O. The second kappa shape index (κ2) is 4.66. The summed E-state index contributed by atoms with van der Waals surface area (Å²) >= 11 is 0. The molecule has 19 heavy (non-hydrogen) atoms. The van der Waals surface area contributed by atoms with Crippen molar-refractivity contribution >= 4 is 0 Å². The van der Waals surface area contributed by atoms with Gasteiger partial charge in [-0.3, -0.25) is 9.88 Å². The monoisotopic (exact) mass is 260 g/mol. The largest absolute Gasteiger partial charge is 0.505 e. The van der Waals surface area contributed by atoms with Crippen LogP contribution in [0.15, 0.2) is 18.6 Å². The van der Waals surface area contributed by atoms with E-state index in [1.807, 2.05) is 6.20 Å². The summed E-state index contributed by atoms with van der Waals surface area (Å²) in [5.74, 6) is 1.69. The predicted molar refractivity (Wildman–Crippen MR) is 72.7 cm³/mol. The molecule has 3 rings (SSSR count). The summed E-state index contributed by atoms with van der Waals surface area (Å²) in [6, 6.07) is 0. The first-order valence-electron chi connectivity index (χ1n) is 6.54. The van der Waals surface area contributed by atoms with Gasteiger partial charge in [-0.1, -0.05) is 6.92 Å². The van der Waals surface area contributed by atoms with E-state index in [0.29, 0.717) is 11.5 Å². The number of rotatable bonds is 3. The first-order valence-corrected chi connectivity index (χ1v) is 6.54. The molecule has 1 saturated heterocycles. The molecule has 0 saturated carbocycles. The maximum Gasteiger partial charge on any atom is 0.148 e. The molecule has 5 nitrogen and oxygen atoms in total. The Hall–Kier alpha value is -1.88. The van der Waals surface area contributed by atoms with Gasteiger partial charge < -0.3 is 10.1 Å². The average molecular weight is 260 g/mol. The van der Waals surface area contributed by atoms with Crippen molar-refractivity contribution in [1.82, 2.24) is 19.9 Å². The zero-order valence-corrected chi connectivity index (χ0v) is 11.2. The lowest BCUT2D eigenvalue weighted by Crippen LogP contribution is -2.44. The van der Waals surface area contributed by atoms with Gasteiger partial charge in [0.05, 0.1) is 11.3 Å². The van der Waals surface area contributed by atoms with Gasteiger partial charge in [-0.2, -0.15) is 0 Å². The average Bonchev–Trinajstić information content (AvgIpc) is 2.85. The molecule has 1 fully saturated rings. The minimum absolute atomic E-state index is 0.223. The van der Waals surface area contributed by atoms with Crippen LogP contribution in [-0.4, -0.2) is 38.0 Å². The predicted octanol–water partition coefficient (Wildman–Crippen LogP) is 1.94. The molecule has 0 bridgehead atoms. The lowest BCUT2D eigenvalue weighted by atomic mass is 10.00. The first kappa shape index (κ1) is 12.2. The molecule has 0 aliphatic carbocycles. The third kappa shape index (κ3) is 2.21. The Bertz CT molecular complexity index is 573. The van der Waals surface area contributed by atoms with Gasteiger partial charge in [-0.05, 0) is 18.4 Å². The summed E-state index contributed by atoms with van der Waals surface area (Å²) in [5.41, 5.74) is 2.43. The van der Waals surface area contributed by atoms with Gasteiger partial charge >= 0.3 is 0 Å². The molecule has 5 heteroatoms. The molecular weight excluding hydrogens is 242 g/mol. The summed E-state index contributed by atoms with van der Waals surface area (Å²) in [5, 5.41) is 10.3. The van der Waals surface area contributed by atoms with Crippen molar-refractivity contribution in [1.29, 1.82) is 0 Å². The number of aromatic amines is 1. The van der Waals surface area contributed by atoms with Crippen molar-refractivity contribution in [2.75, 3.05) is 13.1 Å². The van der Waals surface area contributed by atoms with Crippen LogP contribution >= 0.6 is 0 Å². The van der Waals surface area contributed by atoms with Crippen molar-refractivity contribution < 1.29 is 5.11 Å². The highest BCUT2D eigenvalue weighted by Gasteiger charge is 2.25. The van der Waals surface area contributed by atoms with Crippen LogP contribution < -0.4 is 0 Å². The van der Waals surface area contributed by atoms with Crippen LogP contribution in [-0.2, 0) is 6.54 Å². The molecule has 1 aliphatic heterocycles. The number of aromatic nitrogens is 3. The lowest BCUT2D eigenvalue weighted by molar-refractivity contribution is 0.105. The Kier molecular flexibility index (Phi) is 2.98. The van der Waals surface area contributed by atoms with Gasteiger partial charge in [-0.15, -0.1) is 0 Å². The molecule has 0 aromatic carbocycles. The minimum atomic E-state index is 0.223. The number of nitrogens with one attached hydrogen (secondary N) is 1. The summed E-state index contributed by atoms with van der Waals surface area (Å²) in [6.45, 7) is 7.06. The quantitative estimate of drug-likeness (QED) is 0.885. The molecule has 0 radical (unpaired) electrons. The highest BCUT2D eigenvalue weighted by Crippen LogP contribution is 2.33. The Morgan fingerprint density at radius 1 is 1.42 bits per heavy atom. The Morgan fingerprint density at radius 3 is 2.84 bits per heavy atom. The van der Waals surface area contributed by atoms with E-state index >= 15 is 0 Å². The van der Waals surface area contributed by atoms with Crippen molar-refractivity contribution in [2.45, 2.75) is 20.4 Å². The van der Waals surface area contributed by atoms with Gasteiger partial charge in [0.15, 0.2) is 0 Å². The van der Waals surface area contributed by atoms with E-state index in [9.17, 15) is 5.11 Å². The van der Waals surface area contributed by atoms with Crippen molar-refractivity contribution in [3.63, 3.8) is 0 Å². The molecule has 2 aromatic heterocycles. The zero-order chi connectivity index (χ0) is 13.4. The molecule has 2 aromatic rings. The smallest absolute Gasteiger partial charge is 0.148 e. The maximum absolute atomic E-state index is 10.3. The summed E-state index contributed by atoms with van der Waals surface area (Å²) in [7, 11) is 0. The van der Waals surface area contributed by atoms with Gasteiger partial charge in [-0.25, -0.2) is 4.98 Å². The van der Waals surface area contributed by atoms with E-state index < -0.39 is 0 Å². The molecule has 100 valence electrons. The van der Waals surface area contributed by atoms with Gasteiger partial charge in [0.1, 0.15) is 11.6 Å². The van der Waals surface area contributed by atoms with Crippen molar-refractivity contribution in [2.24, 2.45) is 5.92 Å². The molecule has 1 aliphatic rings. The van der Waals surface area contributed by atoms with E-state index in [1.54, 1.807) is 19.3 Å². The van der Waals surface area contributed by atoms with Crippen molar-refractivity contribution in [3.8, 4) is 17.1 Å². The molecule has 0 atom stereocenters. The number of hydrogen-bond donors (Lipinski definition) is 2. The summed E-state index contributed by atoms with van der Waals surface area (Å²) in [6.07, 6.45) is 5.30. The van der Waals surface area contributed by atoms with E-state index in [0.717, 1.165) is 36.7 Å². The maximum atomic E-state index is 10.3. The Labute approximate surface area is 112 Å². The summed E-state index contributed by atoms with van der Waals surface area (Å²) < 4.78 is 0.